The number of fused-ring (bicyclic) bond motifs is 2. The number of anilines is 2. The van der Waals surface area contributed by atoms with Crippen LogP contribution in [-0.2, 0) is 13.6 Å². The van der Waals surface area contributed by atoms with Gasteiger partial charge in [-0.1, -0.05) is 24.3 Å². The Balaban J connectivity index is 1.59. The second kappa shape index (κ2) is 6.41. The molecule has 134 valence electrons. The summed E-state index contributed by atoms with van der Waals surface area (Å²) in [6.07, 6.45) is 2.03. The molecule has 26 heavy (non-hydrogen) atoms. The minimum Gasteiger partial charge on any atom is -0.372 e. The van der Waals surface area contributed by atoms with Crippen molar-refractivity contribution in [2.24, 2.45) is 7.05 Å². The fourth-order valence-electron chi connectivity index (χ4n) is 3.76. The molecule has 0 bridgehead atoms. The van der Waals surface area contributed by atoms with Gasteiger partial charge in [-0.05, 0) is 42.1 Å². The highest BCUT2D eigenvalue weighted by Crippen LogP contribution is 2.27. The molecule has 1 aromatic heterocycles. The molecule has 3 aromatic rings. The molecule has 2 aromatic carbocycles. The van der Waals surface area contributed by atoms with Crippen LogP contribution in [0.1, 0.15) is 12.5 Å². The normalized spacial score (nSPS) is 17.1. The van der Waals surface area contributed by atoms with E-state index in [4.69, 9.17) is 0 Å². The van der Waals surface area contributed by atoms with Gasteiger partial charge in [0.15, 0.2) is 0 Å². The van der Waals surface area contributed by atoms with E-state index in [1.807, 2.05) is 48.5 Å². The van der Waals surface area contributed by atoms with Crippen LogP contribution in [-0.4, -0.2) is 35.1 Å². The molecule has 0 aliphatic carbocycles. The average molecular weight is 348 g/mol. The summed E-state index contributed by atoms with van der Waals surface area (Å²) in [6.45, 7) is 3.52. The molecular weight excluding hydrogens is 324 g/mol. The number of carbonyl (C=O) groups is 1. The van der Waals surface area contributed by atoms with Crippen LogP contribution in [0.5, 0.6) is 0 Å². The van der Waals surface area contributed by atoms with Gasteiger partial charge in [0.25, 0.3) is 0 Å². The van der Waals surface area contributed by atoms with E-state index in [1.165, 1.54) is 16.6 Å². The van der Waals surface area contributed by atoms with E-state index in [-0.39, 0.29) is 12.1 Å². The SMILES string of the molecule is CC1CN(C)c2ccccc2CN1C(=O)Nc1ccc2ccn(C)c2c1. The number of nitrogens with one attached hydrogen (secondary N) is 1. The summed E-state index contributed by atoms with van der Waals surface area (Å²) in [7, 11) is 4.09. The Labute approximate surface area is 153 Å². The van der Waals surface area contributed by atoms with E-state index in [0.29, 0.717) is 6.54 Å². The standard InChI is InChI=1S/C21H24N4O/c1-15-13-24(3)19-7-5-4-6-17(19)14-25(15)21(26)22-18-9-8-16-10-11-23(2)20(16)12-18/h4-12,15H,13-14H2,1-3H3,(H,22,26). The monoisotopic (exact) mass is 348 g/mol. The van der Waals surface area contributed by atoms with Crippen LogP contribution in [0, 0.1) is 0 Å². The molecule has 1 aliphatic rings. The van der Waals surface area contributed by atoms with Gasteiger partial charge in [-0.3, -0.25) is 0 Å². The Hall–Kier alpha value is -2.95. The predicted octanol–water partition coefficient (Wildman–Crippen LogP) is 4.05. The summed E-state index contributed by atoms with van der Waals surface area (Å²) in [5, 5.41) is 4.25. The van der Waals surface area contributed by atoms with Crippen molar-refractivity contribution in [1.29, 1.82) is 0 Å². The highest BCUT2D eigenvalue weighted by atomic mass is 16.2. The van der Waals surface area contributed by atoms with Crippen molar-refractivity contribution in [2.75, 3.05) is 23.8 Å². The molecule has 2 heterocycles. The number of urea groups is 1. The zero-order valence-corrected chi connectivity index (χ0v) is 15.4. The Kier molecular flexibility index (Phi) is 4.07. The van der Waals surface area contributed by atoms with Crippen molar-refractivity contribution < 1.29 is 4.79 Å². The second-order valence-corrected chi connectivity index (χ2v) is 7.12. The number of aromatic nitrogens is 1. The lowest BCUT2D eigenvalue weighted by Gasteiger charge is -2.28. The van der Waals surface area contributed by atoms with Gasteiger partial charge < -0.3 is 19.7 Å². The highest BCUT2D eigenvalue weighted by Gasteiger charge is 2.26. The van der Waals surface area contributed by atoms with Crippen LogP contribution in [0.25, 0.3) is 10.9 Å². The van der Waals surface area contributed by atoms with Crippen molar-refractivity contribution in [3.05, 3.63) is 60.3 Å². The first-order valence-electron chi connectivity index (χ1n) is 8.94. The number of carbonyl (C=O) groups excluding carboxylic acids is 1. The first-order chi connectivity index (χ1) is 12.5. The zero-order chi connectivity index (χ0) is 18.3. The van der Waals surface area contributed by atoms with Crippen LogP contribution in [0.2, 0.25) is 0 Å². The third-order valence-corrected chi connectivity index (χ3v) is 5.21. The minimum absolute atomic E-state index is 0.0591. The lowest BCUT2D eigenvalue weighted by molar-refractivity contribution is 0.192. The van der Waals surface area contributed by atoms with E-state index in [0.717, 1.165) is 17.7 Å². The van der Waals surface area contributed by atoms with Gasteiger partial charge in [0.05, 0.1) is 0 Å². The number of hydrogen-bond acceptors (Lipinski definition) is 2. The predicted molar refractivity (Wildman–Crippen MR) is 107 cm³/mol. The number of benzene rings is 2. The van der Waals surface area contributed by atoms with Gasteiger partial charge in [-0.25, -0.2) is 4.79 Å². The Morgan fingerprint density at radius 2 is 1.92 bits per heavy atom. The summed E-state index contributed by atoms with van der Waals surface area (Å²) >= 11 is 0. The molecule has 0 saturated heterocycles. The van der Waals surface area contributed by atoms with Crippen LogP contribution >= 0.6 is 0 Å². The molecule has 1 atom stereocenters. The molecule has 0 fully saturated rings. The maximum atomic E-state index is 13.0. The summed E-state index contributed by atoms with van der Waals surface area (Å²) in [5.74, 6) is 0. The molecule has 5 nitrogen and oxygen atoms in total. The van der Waals surface area contributed by atoms with Crippen molar-refractivity contribution >= 4 is 28.3 Å². The quantitative estimate of drug-likeness (QED) is 0.721. The van der Waals surface area contributed by atoms with E-state index in [9.17, 15) is 4.79 Å². The fraction of sp³-hybridized carbons (Fsp3) is 0.286. The van der Waals surface area contributed by atoms with Gasteiger partial charge in [-0.15, -0.1) is 0 Å². The number of para-hydroxylation sites is 1. The second-order valence-electron chi connectivity index (χ2n) is 7.12. The van der Waals surface area contributed by atoms with E-state index < -0.39 is 0 Å². The first-order valence-corrected chi connectivity index (χ1v) is 8.94. The number of aryl methyl sites for hydroxylation is 1. The topological polar surface area (TPSA) is 40.5 Å². The summed E-state index contributed by atoms with van der Waals surface area (Å²) < 4.78 is 2.06. The lowest BCUT2D eigenvalue weighted by atomic mass is 10.1. The van der Waals surface area contributed by atoms with Crippen molar-refractivity contribution in [1.82, 2.24) is 9.47 Å². The van der Waals surface area contributed by atoms with Crippen LogP contribution in [0.15, 0.2) is 54.7 Å². The molecule has 4 rings (SSSR count). The molecule has 1 unspecified atom stereocenters. The van der Waals surface area contributed by atoms with Gasteiger partial charge in [0.2, 0.25) is 0 Å². The number of amides is 2. The van der Waals surface area contributed by atoms with Gasteiger partial charge in [0.1, 0.15) is 0 Å². The van der Waals surface area contributed by atoms with Crippen LogP contribution in [0.3, 0.4) is 0 Å². The Morgan fingerprint density at radius 3 is 2.77 bits per heavy atom. The molecule has 0 saturated carbocycles. The molecule has 1 aliphatic heterocycles. The third-order valence-electron chi connectivity index (χ3n) is 5.21. The summed E-state index contributed by atoms with van der Waals surface area (Å²) in [4.78, 5) is 17.1. The maximum absolute atomic E-state index is 13.0. The number of likely N-dealkylation sites (N-methyl/N-ethyl adjacent to an activating group) is 1. The van der Waals surface area contributed by atoms with Gasteiger partial charge in [-0.2, -0.15) is 0 Å². The smallest absolute Gasteiger partial charge is 0.322 e. The van der Waals surface area contributed by atoms with Gasteiger partial charge >= 0.3 is 6.03 Å². The number of rotatable bonds is 1. The Bertz CT molecular complexity index is 962. The molecule has 1 N–H and O–H groups in total. The molecule has 5 heteroatoms. The van der Waals surface area contributed by atoms with Crippen molar-refractivity contribution in [3.8, 4) is 0 Å². The summed E-state index contributed by atoms with van der Waals surface area (Å²) in [5.41, 5.74) is 4.30. The van der Waals surface area contributed by atoms with Crippen molar-refractivity contribution in [3.63, 3.8) is 0 Å². The van der Waals surface area contributed by atoms with E-state index in [1.54, 1.807) is 0 Å². The van der Waals surface area contributed by atoms with E-state index in [2.05, 4.69) is 47.0 Å². The third kappa shape index (κ3) is 2.90. The van der Waals surface area contributed by atoms with E-state index >= 15 is 0 Å². The Morgan fingerprint density at radius 1 is 1.12 bits per heavy atom. The van der Waals surface area contributed by atoms with Crippen LogP contribution in [0.4, 0.5) is 16.2 Å². The van der Waals surface area contributed by atoms with Gasteiger partial charge in [0, 0.05) is 56.3 Å². The van der Waals surface area contributed by atoms with Crippen LogP contribution < -0.4 is 10.2 Å². The van der Waals surface area contributed by atoms with Crippen molar-refractivity contribution in [2.45, 2.75) is 19.5 Å². The number of hydrogen-bond donors (Lipinski definition) is 1. The largest absolute Gasteiger partial charge is 0.372 e. The first kappa shape index (κ1) is 16.5. The average Bonchev–Trinajstić information content (AvgIpc) is 2.93. The maximum Gasteiger partial charge on any atom is 0.322 e. The minimum atomic E-state index is -0.0591. The fourth-order valence-corrected chi connectivity index (χ4v) is 3.76. The molecule has 0 radical (unpaired) electrons. The zero-order valence-electron chi connectivity index (χ0n) is 15.4. The lowest BCUT2D eigenvalue weighted by Crippen LogP contribution is -2.44. The number of nitrogens with zero attached hydrogens (tertiary/aromatic N) is 3. The highest BCUT2D eigenvalue weighted by molar-refractivity contribution is 5.93. The molecule has 2 amide bonds. The summed E-state index contributed by atoms with van der Waals surface area (Å²) in [6, 6.07) is 16.4. The molecular formula is C21H24N4O. The molecule has 0 spiro atoms.